The summed E-state index contributed by atoms with van der Waals surface area (Å²) in [7, 11) is -6.14. The zero-order chi connectivity index (χ0) is 60.7. The molecule has 6 bridgehead atoms. The highest BCUT2D eigenvalue weighted by Crippen LogP contribution is 2.42. The second-order valence-corrected chi connectivity index (χ2v) is 26.8. The molecule has 0 saturated carbocycles. The van der Waals surface area contributed by atoms with Crippen molar-refractivity contribution < 1.29 is 40.6 Å². The van der Waals surface area contributed by atoms with Crippen molar-refractivity contribution in [1.82, 2.24) is 27.5 Å². The van der Waals surface area contributed by atoms with Gasteiger partial charge in [-0.3, -0.25) is 9.59 Å². The molecule has 17 nitrogen and oxygen atoms in total. The summed E-state index contributed by atoms with van der Waals surface area (Å²) >= 11 is 0. The molecule has 4 aromatic carbocycles. The Morgan fingerprint density at radius 3 is 1.55 bits per heavy atom. The van der Waals surface area contributed by atoms with Crippen LogP contribution in [-0.4, -0.2) is 154 Å². The lowest BCUT2D eigenvalue weighted by atomic mass is 9.97. The molecule has 0 aliphatic carbocycles. The van der Waals surface area contributed by atoms with Crippen LogP contribution in [0.3, 0.4) is 0 Å². The average molecular weight is 1220 g/mol. The van der Waals surface area contributed by atoms with E-state index in [2.05, 4.69) is 33.4 Å². The van der Waals surface area contributed by atoms with E-state index in [9.17, 15) is 26.4 Å². The smallest absolute Gasteiger partial charge is 0.253 e. The van der Waals surface area contributed by atoms with E-state index in [0.29, 0.717) is 90.2 Å². The molecule has 0 radical (unpaired) electrons. The maximum atomic E-state index is 14.6. The van der Waals surface area contributed by atoms with Gasteiger partial charge in [-0.25, -0.2) is 26.8 Å². The van der Waals surface area contributed by atoms with E-state index in [1.807, 2.05) is 115 Å². The zero-order valence-corrected chi connectivity index (χ0v) is 51.6. The minimum atomic E-state index is -4.01. The Balaban J connectivity index is 1.06. The van der Waals surface area contributed by atoms with Crippen molar-refractivity contribution in [3.8, 4) is 5.75 Å². The molecule has 3 fully saturated rings. The normalized spacial score (nSPS) is 20.5. The summed E-state index contributed by atoms with van der Waals surface area (Å²) in [5, 5.41) is 1.61. The Morgan fingerprint density at radius 2 is 0.989 bits per heavy atom. The molecule has 7 aliphatic heterocycles. The molecule has 3 saturated heterocycles. The molecule has 2 amide bonds. The first kappa shape index (κ1) is 59.0. The fourth-order valence-electron chi connectivity index (χ4n) is 13.2. The number of methoxy groups -OCH3 is 1. The van der Waals surface area contributed by atoms with Gasteiger partial charge < -0.3 is 33.1 Å². The second kappa shape index (κ2) is 24.9. The van der Waals surface area contributed by atoms with Gasteiger partial charge >= 0.3 is 0 Å². The number of amides is 2. The van der Waals surface area contributed by atoms with Crippen molar-refractivity contribution in [2.45, 2.75) is 75.3 Å². The molecule has 0 N–H and O–H groups in total. The number of hydrogen-bond donors (Lipinski definition) is 0. The summed E-state index contributed by atoms with van der Waals surface area (Å²) < 4.78 is 82.3. The Morgan fingerprint density at radius 1 is 0.511 bits per heavy atom. The molecule has 0 spiro atoms. The molecule has 454 valence electrons. The number of aromatic nitrogens is 2. The van der Waals surface area contributed by atoms with Crippen LogP contribution in [0.5, 0.6) is 5.75 Å². The van der Waals surface area contributed by atoms with Gasteiger partial charge in [0.05, 0.1) is 75.0 Å². The van der Waals surface area contributed by atoms with Gasteiger partial charge in [0.25, 0.3) is 11.8 Å². The molecule has 0 atom stereocenters. The number of hydrogen-bond acceptors (Lipinski definition) is 11. The van der Waals surface area contributed by atoms with Gasteiger partial charge in [0.2, 0.25) is 20.0 Å². The van der Waals surface area contributed by atoms with Crippen molar-refractivity contribution in [3.63, 3.8) is 0 Å². The average Bonchev–Trinajstić information content (AvgIpc) is 2.33. The van der Waals surface area contributed by atoms with Crippen LogP contribution in [0.25, 0.3) is 22.3 Å². The SMILES string of the molecule is CCOCCN(CCOCC)S(=O)(=O)c1ccc(/C2=C3\C=CC(=N3)/C(c3ccc(C(=O)N4CCCC4)cc3)=c3/cc/c4n3Cn3c2ccc3/C(c2ccc(C(=O)N3CCCCC3)cc2OC)=C2/C=CC(=N2)/C=4c2ccc(S(=O)(=O)N3CCCC3)cc2)cc1. The molecular weight excluding hydrogens is 1150 g/mol. The summed E-state index contributed by atoms with van der Waals surface area (Å²) in [6, 6.07) is 35.9. The Bertz CT molecular complexity index is 4300. The van der Waals surface area contributed by atoms with E-state index < -0.39 is 20.0 Å². The predicted molar refractivity (Wildman–Crippen MR) is 341 cm³/mol. The summed E-state index contributed by atoms with van der Waals surface area (Å²) in [6.45, 7) is 9.44. The lowest BCUT2D eigenvalue weighted by Crippen LogP contribution is -2.36. The number of allylic oxidation sites excluding steroid dienone is 4. The van der Waals surface area contributed by atoms with Crippen molar-refractivity contribution >= 4 is 65.6 Å². The third-order valence-corrected chi connectivity index (χ3v) is 21.6. The van der Waals surface area contributed by atoms with Gasteiger partial charge in [0.15, 0.2) is 0 Å². The minimum absolute atomic E-state index is 0.00437. The highest BCUT2D eigenvalue weighted by atomic mass is 32.2. The van der Waals surface area contributed by atoms with Crippen LogP contribution in [0, 0.1) is 0 Å². The molecule has 2 aromatic heterocycles. The number of likely N-dealkylation sites (tertiary alicyclic amines) is 2. The first-order chi connectivity index (χ1) is 42.9. The van der Waals surface area contributed by atoms with Gasteiger partial charge in [-0.1, -0.05) is 36.4 Å². The van der Waals surface area contributed by atoms with Crippen LogP contribution in [0.1, 0.15) is 113 Å². The number of carbonyl (C=O) groups excluding carboxylic acids is 2. The molecule has 19 heteroatoms. The van der Waals surface area contributed by atoms with Crippen molar-refractivity contribution in [2.75, 3.05) is 85.9 Å². The summed E-state index contributed by atoms with van der Waals surface area (Å²) in [5.74, 6) is 0.428. The van der Waals surface area contributed by atoms with Crippen LogP contribution in [0.4, 0.5) is 0 Å². The molecule has 6 aromatic rings. The fourth-order valence-corrected chi connectivity index (χ4v) is 16.1. The summed E-state index contributed by atoms with van der Waals surface area (Å²) in [4.78, 5) is 43.3. The number of carbonyl (C=O) groups is 2. The molecule has 88 heavy (non-hydrogen) atoms. The van der Waals surface area contributed by atoms with E-state index >= 15 is 0 Å². The monoisotopic (exact) mass is 1220 g/mol. The number of sulfonamides is 2. The van der Waals surface area contributed by atoms with Crippen molar-refractivity contribution in [1.29, 1.82) is 0 Å². The van der Waals surface area contributed by atoms with Crippen LogP contribution in [0.2, 0.25) is 0 Å². The van der Waals surface area contributed by atoms with Crippen LogP contribution < -0.4 is 15.4 Å². The quantitative estimate of drug-likeness (QED) is 0.0720. The number of benzene rings is 4. The number of fused-ring (bicyclic) bond motifs is 2. The molecular formula is C69H72N8O9S2. The summed E-state index contributed by atoms with van der Waals surface area (Å²) in [6.07, 6.45) is 14.6. The minimum Gasteiger partial charge on any atom is -0.496 e. The van der Waals surface area contributed by atoms with Crippen molar-refractivity contribution in [2.24, 2.45) is 9.98 Å². The van der Waals surface area contributed by atoms with E-state index in [-0.39, 0.29) is 54.6 Å². The van der Waals surface area contributed by atoms with Gasteiger partial charge in [-0.15, -0.1) is 0 Å². The number of ether oxygens (including phenoxy) is 3. The Labute approximate surface area is 514 Å². The van der Waals surface area contributed by atoms with Crippen LogP contribution in [-0.2, 0) is 36.2 Å². The summed E-state index contributed by atoms with van der Waals surface area (Å²) in [5.41, 5.74) is 11.2. The van der Waals surface area contributed by atoms with Gasteiger partial charge in [0, 0.05) is 105 Å². The predicted octanol–water partition coefficient (Wildman–Crippen LogP) is 8.48. The third kappa shape index (κ3) is 11.0. The zero-order valence-electron chi connectivity index (χ0n) is 50.0. The van der Waals surface area contributed by atoms with Crippen LogP contribution >= 0.6 is 0 Å². The fraction of sp³-hybridized carbons (Fsp3) is 0.333. The van der Waals surface area contributed by atoms with E-state index in [1.54, 1.807) is 35.7 Å². The number of rotatable bonds is 19. The van der Waals surface area contributed by atoms with E-state index in [0.717, 1.165) is 114 Å². The first-order valence-electron chi connectivity index (χ1n) is 30.8. The van der Waals surface area contributed by atoms with Crippen LogP contribution in [0.15, 0.2) is 171 Å². The van der Waals surface area contributed by atoms with E-state index in [4.69, 9.17) is 24.2 Å². The Hall–Kier alpha value is -8.04. The highest BCUT2D eigenvalue weighted by Gasteiger charge is 2.33. The van der Waals surface area contributed by atoms with Gasteiger partial charge in [0.1, 0.15) is 12.4 Å². The number of piperidine rings is 1. The largest absolute Gasteiger partial charge is 0.496 e. The highest BCUT2D eigenvalue weighted by molar-refractivity contribution is 7.89. The van der Waals surface area contributed by atoms with Gasteiger partial charge in [-0.05, 0) is 179 Å². The standard InChI is InChI=1S/C69H72N8O9S2/c1-4-85-43-41-75(42-44-86-5-2)88(82,83)53-24-19-48(20-25-53)65-56-28-27-55(70-56)64(47-13-15-50(16-14-47)68(78)72-37-9-10-38-72)59-31-32-60-66(49-17-22-52(23-18-49)87(80,81)74-39-11-12-40-74)57-29-30-58(71-57)67(62-34-33-61(65)77(62)46-76(59)60)54-26-21-51(45-63(54)84-3)69(79)73-35-7-6-8-36-73/h13-34,45H,4-12,35-44,46H2,1-3H3/b64-55?,64-59-,65-56-,65-61?,66-57?,66-60+,67-58-,67-62?. The Kier molecular flexibility index (Phi) is 16.6. The second-order valence-electron chi connectivity index (χ2n) is 22.9. The molecule has 7 aliphatic rings. The molecule has 0 unspecified atom stereocenters. The first-order valence-corrected chi connectivity index (χ1v) is 33.7. The third-order valence-electron chi connectivity index (χ3n) is 17.8. The molecule has 13 rings (SSSR count). The van der Waals surface area contributed by atoms with Gasteiger partial charge in [-0.2, -0.15) is 8.61 Å². The number of aliphatic imine (C=N–C) groups is 2. The lowest BCUT2D eigenvalue weighted by Gasteiger charge is -2.27. The van der Waals surface area contributed by atoms with E-state index in [1.165, 1.54) is 4.31 Å². The topological polar surface area (TPSA) is 178 Å². The lowest BCUT2D eigenvalue weighted by molar-refractivity contribution is 0.0723. The molecule has 9 heterocycles. The maximum Gasteiger partial charge on any atom is 0.253 e. The number of nitrogens with zero attached hydrogens (tertiary/aromatic N) is 8. The van der Waals surface area contributed by atoms with Crippen molar-refractivity contribution in [3.05, 3.63) is 206 Å². The maximum absolute atomic E-state index is 14.6.